The van der Waals surface area contributed by atoms with E-state index >= 15 is 0 Å². The van der Waals surface area contributed by atoms with Crippen LogP contribution in [0, 0.1) is 17.3 Å². The minimum atomic E-state index is 0.0893. The minimum absolute atomic E-state index is 0.0893. The zero-order chi connectivity index (χ0) is 10.9. The zero-order valence-electron chi connectivity index (χ0n) is 8.60. The van der Waals surface area contributed by atoms with Crippen LogP contribution in [0.2, 0.25) is 0 Å². The normalized spacial score (nSPS) is 28.1. The Morgan fingerprint density at radius 1 is 1.50 bits per heavy atom. The maximum absolute atomic E-state index is 11.6. The number of carbonyl (C=O) groups is 1. The molecule has 0 heterocycles. The highest BCUT2D eigenvalue weighted by Gasteiger charge is 2.60. The van der Waals surface area contributed by atoms with Crippen molar-refractivity contribution in [1.29, 1.82) is 0 Å². The number of carbonyl (C=O) groups excluding carboxylic acids is 1. The molecule has 80 valence electrons. The second-order valence-electron chi connectivity index (χ2n) is 4.18. The fourth-order valence-electron chi connectivity index (χ4n) is 1.91. The van der Waals surface area contributed by atoms with Crippen molar-refractivity contribution in [2.24, 2.45) is 17.3 Å². The summed E-state index contributed by atoms with van der Waals surface area (Å²) in [6.07, 6.45) is 2.06. The Bertz CT molecular complexity index is 269. The predicted molar refractivity (Wildman–Crippen MR) is 65.4 cm³/mol. The summed E-state index contributed by atoms with van der Waals surface area (Å²) < 4.78 is 0.926. The average Bonchev–Trinajstić information content (AvgIpc) is 2.52. The van der Waals surface area contributed by atoms with Crippen LogP contribution < -0.4 is 5.32 Å². The van der Waals surface area contributed by atoms with Crippen LogP contribution >= 0.6 is 31.9 Å². The molecule has 1 rings (SSSR count). The standard InChI is InChI=1S/C10H15Br2NO/c1-4-13-9(14)8-6(5-7(11)12)10(8,2)3/h5-6,8H,4H2,1-3H3,(H,13,14). The molecule has 0 aromatic rings. The molecule has 0 bridgehead atoms. The van der Waals surface area contributed by atoms with E-state index in [-0.39, 0.29) is 17.2 Å². The highest BCUT2D eigenvalue weighted by Crippen LogP contribution is 2.59. The summed E-state index contributed by atoms with van der Waals surface area (Å²) in [5.74, 6) is 0.621. The molecule has 0 spiro atoms. The minimum Gasteiger partial charge on any atom is -0.356 e. The van der Waals surface area contributed by atoms with E-state index < -0.39 is 0 Å². The van der Waals surface area contributed by atoms with E-state index in [2.05, 4.69) is 57.1 Å². The Hall–Kier alpha value is 0.170. The third-order valence-corrected chi connectivity index (χ3v) is 3.38. The monoisotopic (exact) mass is 323 g/mol. The lowest BCUT2D eigenvalue weighted by molar-refractivity contribution is -0.123. The van der Waals surface area contributed by atoms with Crippen molar-refractivity contribution in [3.05, 3.63) is 9.47 Å². The van der Waals surface area contributed by atoms with Gasteiger partial charge in [0.1, 0.15) is 0 Å². The third-order valence-electron chi connectivity index (χ3n) is 2.85. The van der Waals surface area contributed by atoms with Gasteiger partial charge in [-0.1, -0.05) is 19.9 Å². The molecule has 4 heteroatoms. The first-order chi connectivity index (χ1) is 6.41. The van der Waals surface area contributed by atoms with Gasteiger partial charge >= 0.3 is 0 Å². The van der Waals surface area contributed by atoms with Crippen molar-refractivity contribution in [3.8, 4) is 0 Å². The van der Waals surface area contributed by atoms with Crippen LogP contribution in [-0.2, 0) is 4.79 Å². The number of allylic oxidation sites excluding steroid dienone is 1. The summed E-state index contributed by atoms with van der Waals surface area (Å²) in [4.78, 5) is 11.6. The van der Waals surface area contributed by atoms with Crippen molar-refractivity contribution in [1.82, 2.24) is 5.32 Å². The van der Waals surface area contributed by atoms with Crippen LogP contribution in [0.5, 0.6) is 0 Å². The molecule has 1 N–H and O–H groups in total. The molecule has 2 atom stereocenters. The van der Waals surface area contributed by atoms with Gasteiger partial charge in [0.2, 0.25) is 5.91 Å². The van der Waals surface area contributed by atoms with Gasteiger partial charge in [-0.25, -0.2) is 0 Å². The van der Waals surface area contributed by atoms with E-state index in [0.717, 1.165) is 3.39 Å². The molecule has 1 fully saturated rings. The van der Waals surface area contributed by atoms with Crippen LogP contribution in [0.3, 0.4) is 0 Å². The second-order valence-corrected chi connectivity index (χ2v) is 6.95. The van der Waals surface area contributed by atoms with Gasteiger partial charge in [0.05, 0.1) is 9.31 Å². The number of nitrogens with one attached hydrogen (secondary N) is 1. The van der Waals surface area contributed by atoms with Crippen molar-refractivity contribution in [2.75, 3.05) is 6.54 Å². The van der Waals surface area contributed by atoms with Gasteiger partial charge in [-0.3, -0.25) is 4.79 Å². The quantitative estimate of drug-likeness (QED) is 0.849. The molecule has 1 saturated carbocycles. The number of hydrogen-bond acceptors (Lipinski definition) is 1. The van der Waals surface area contributed by atoms with E-state index in [1.165, 1.54) is 0 Å². The largest absolute Gasteiger partial charge is 0.356 e. The number of halogens is 2. The molecule has 0 radical (unpaired) electrons. The summed E-state index contributed by atoms with van der Waals surface area (Å²) >= 11 is 6.66. The first-order valence-electron chi connectivity index (χ1n) is 4.71. The zero-order valence-corrected chi connectivity index (χ0v) is 11.8. The van der Waals surface area contributed by atoms with Gasteiger partial charge in [0.15, 0.2) is 0 Å². The van der Waals surface area contributed by atoms with Gasteiger partial charge in [0, 0.05) is 6.54 Å². The summed E-state index contributed by atoms with van der Waals surface area (Å²) in [6, 6.07) is 0. The van der Waals surface area contributed by atoms with Crippen molar-refractivity contribution in [2.45, 2.75) is 20.8 Å². The molecule has 14 heavy (non-hydrogen) atoms. The Labute approximate surface area is 102 Å². The summed E-state index contributed by atoms with van der Waals surface area (Å²) in [5.41, 5.74) is 0.0893. The predicted octanol–water partition coefficient (Wildman–Crippen LogP) is 3.03. The third kappa shape index (κ3) is 2.40. The maximum Gasteiger partial charge on any atom is 0.224 e. The topological polar surface area (TPSA) is 29.1 Å². The van der Waals surface area contributed by atoms with Gasteiger partial charge in [0.25, 0.3) is 0 Å². The molecule has 1 amide bonds. The van der Waals surface area contributed by atoms with E-state index in [0.29, 0.717) is 12.5 Å². The molecular weight excluding hydrogens is 310 g/mol. The van der Waals surface area contributed by atoms with Gasteiger partial charge in [-0.15, -0.1) is 0 Å². The number of hydrogen-bond donors (Lipinski definition) is 1. The molecule has 0 saturated heterocycles. The molecule has 2 nitrogen and oxygen atoms in total. The summed E-state index contributed by atoms with van der Waals surface area (Å²) in [7, 11) is 0. The van der Waals surface area contributed by atoms with Crippen LogP contribution in [0.4, 0.5) is 0 Å². The molecule has 0 aromatic carbocycles. The van der Waals surface area contributed by atoms with Crippen molar-refractivity contribution >= 4 is 37.8 Å². The summed E-state index contributed by atoms with van der Waals surface area (Å²) in [5, 5.41) is 2.87. The molecule has 2 unspecified atom stereocenters. The van der Waals surface area contributed by atoms with E-state index in [9.17, 15) is 4.79 Å². The van der Waals surface area contributed by atoms with Crippen LogP contribution in [-0.4, -0.2) is 12.5 Å². The van der Waals surface area contributed by atoms with E-state index in [4.69, 9.17) is 0 Å². The lowest BCUT2D eigenvalue weighted by Crippen LogP contribution is -2.26. The molecule has 1 aliphatic carbocycles. The fourth-order valence-corrected chi connectivity index (χ4v) is 2.48. The second kappa shape index (κ2) is 4.35. The molecule has 0 aromatic heterocycles. The van der Waals surface area contributed by atoms with Crippen molar-refractivity contribution in [3.63, 3.8) is 0 Å². The first-order valence-corrected chi connectivity index (χ1v) is 6.30. The van der Waals surface area contributed by atoms with Crippen LogP contribution in [0.25, 0.3) is 0 Å². The Morgan fingerprint density at radius 2 is 2.07 bits per heavy atom. The van der Waals surface area contributed by atoms with Gasteiger partial charge in [-0.2, -0.15) is 0 Å². The Balaban J connectivity index is 2.66. The van der Waals surface area contributed by atoms with Crippen molar-refractivity contribution < 1.29 is 4.79 Å². The van der Waals surface area contributed by atoms with E-state index in [1.807, 2.05) is 6.92 Å². The SMILES string of the molecule is CCNC(=O)C1C(C=C(Br)Br)C1(C)C. The van der Waals surface area contributed by atoms with E-state index in [1.54, 1.807) is 0 Å². The average molecular weight is 325 g/mol. The molecule has 1 aliphatic rings. The number of amides is 1. The Morgan fingerprint density at radius 3 is 2.50 bits per heavy atom. The molecular formula is C10H15Br2NO. The maximum atomic E-state index is 11.6. The highest BCUT2D eigenvalue weighted by atomic mass is 79.9. The lowest BCUT2D eigenvalue weighted by atomic mass is 10.1. The lowest BCUT2D eigenvalue weighted by Gasteiger charge is -2.02. The smallest absolute Gasteiger partial charge is 0.224 e. The fraction of sp³-hybridized carbons (Fsp3) is 0.700. The molecule has 0 aliphatic heterocycles. The number of rotatable bonds is 3. The highest BCUT2D eigenvalue weighted by molar-refractivity contribution is 9.28. The van der Waals surface area contributed by atoms with Gasteiger partial charge in [-0.05, 0) is 50.1 Å². The van der Waals surface area contributed by atoms with Crippen LogP contribution in [0.15, 0.2) is 9.47 Å². The van der Waals surface area contributed by atoms with Gasteiger partial charge < -0.3 is 5.32 Å². The first kappa shape index (κ1) is 12.2. The Kier molecular flexibility index (Phi) is 3.81. The van der Waals surface area contributed by atoms with Crippen LogP contribution in [0.1, 0.15) is 20.8 Å². The summed E-state index contributed by atoms with van der Waals surface area (Å²) in [6.45, 7) is 6.89.